The Kier molecular flexibility index (Phi) is 4.99. The fourth-order valence-electron chi connectivity index (χ4n) is 2.61. The smallest absolute Gasteiger partial charge is 0.165 e. The van der Waals surface area contributed by atoms with E-state index in [0.717, 1.165) is 36.2 Å². The third kappa shape index (κ3) is 3.68. The van der Waals surface area contributed by atoms with Crippen LogP contribution in [0.1, 0.15) is 30.6 Å². The second-order valence-corrected chi connectivity index (χ2v) is 7.02. The van der Waals surface area contributed by atoms with E-state index >= 15 is 0 Å². The first-order valence-electron chi connectivity index (χ1n) is 7.11. The van der Waals surface area contributed by atoms with E-state index < -0.39 is 0 Å². The number of hydrogen-bond acceptors (Lipinski definition) is 3. The van der Waals surface area contributed by atoms with Crippen LogP contribution in [-0.2, 0) is 0 Å². The van der Waals surface area contributed by atoms with Crippen molar-refractivity contribution in [2.45, 2.75) is 25.8 Å². The molecule has 0 aromatic heterocycles. The van der Waals surface area contributed by atoms with Gasteiger partial charge in [-0.2, -0.15) is 0 Å². The molecule has 0 spiro atoms. The minimum atomic E-state index is 0.189. The summed E-state index contributed by atoms with van der Waals surface area (Å²) in [7, 11) is 2.17. The van der Waals surface area contributed by atoms with Crippen LogP contribution in [0.4, 0.5) is 0 Å². The molecule has 0 unspecified atom stereocenters. The number of ketones is 1. The molecule has 1 aliphatic heterocycles. The predicted octanol–water partition coefficient (Wildman–Crippen LogP) is 3.05. The largest absolute Gasteiger partial charge is 0.300 e. The number of rotatable bonds is 4. The fourth-order valence-corrected chi connectivity index (χ4v) is 3.12. The molecule has 0 saturated carbocycles. The molecule has 1 aromatic carbocycles. The lowest BCUT2D eigenvalue weighted by Gasteiger charge is -2.45. The molecule has 0 amide bonds. The van der Waals surface area contributed by atoms with Crippen molar-refractivity contribution in [3.05, 3.63) is 34.3 Å². The molecular weight excluding hydrogens is 316 g/mol. The second-order valence-electron chi connectivity index (χ2n) is 6.16. The van der Waals surface area contributed by atoms with Crippen molar-refractivity contribution >= 4 is 21.7 Å². The quantitative estimate of drug-likeness (QED) is 0.788. The van der Waals surface area contributed by atoms with Crippen LogP contribution in [0.5, 0.6) is 0 Å². The van der Waals surface area contributed by atoms with Crippen molar-refractivity contribution in [2.75, 3.05) is 33.2 Å². The van der Waals surface area contributed by atoms with Crippen LogP contribution in [0.25, 0.3) is 0 Å². The van der Waals surface area contributed by atoms with E-state index in [1.165, 1.54) is 0 Å². The molecule has 0 bridgehead atoms. The van der Waals surface area contributed by atoms with Crippen LogP contribution in [-0.4, -0.2) is 54.3 Å². The van der Waals surface area contributed by atoms with Crippen LogP contribution >= 0.6 is 15.9 Å². The van der Waals surface area contributed by atoms with Gasteiger partial charge in [0.1, 0.15) is 0 Å². The molecule has 110 valence electrons. The van der Waals surface area contributed by atoms with Gasteiger partial charge in [0.05, 0.1) is 0 Å². The molecule has 0 N–H and O–H groups in total. The third-order valence-corrected chi connectivity index (χ3v) is 4.92. The number of piperazine rings is 1. The van der Waals surface area contributed by atoms with E-state index in [0.29, 0.717) is 6.42 Å². The van der Waals surface area contributed by atoms with E-state index in [2.05, 4.69) is 46.6 Å². The van der Waals surface area contributed by atoms with Gasteiger partial charge in [0, 0.05) is 48.2 Å². The molecule has 20 heavy (non-hydrogen) atoms. The maximum absolute atomic E-state index is 12.3. The van der Waals surface area contributed by atoms with E-state index in [4.69, 9.17) is 0 Å². The van der Waals surface area contributed by atoms with Crippen LogP contribution in [0.3, 0.4) is 0 Å². The molecular formula is C16H23BrN2O. The number of carbonyl (C=O) groups is 1. The number of carbonyl (C=O) groups excluding carboxylic acids is 1. The van der Waals surface area contributed by atoms with Gasteiger partial charge < -0.3 is 0 Å². The monoisotopic (exact) mass is 338 g/mol. The van der Waals surface area contributed by atoms with Gasteiger partial charge in [0.15, 0.2) is 5.78 Å². The Hall–Kier alpha value is -0.710. The number of Topliss-reactive ketones (excluding diaryl/α,β-unsaturated/α-hetero) is 1. The van der Waals surface area contributed by atoms with Crippen molar-refractivity contribution in [3.63, 3.8) is 0 Å². The van der Waals surface area contributed by atoms with Gasteiger partial charge in [-0.05, 0) is 27.0 Å². The highest BCUT2D eigenvalue weighted by Crippen LogP contribution is 2.20. The summed E-state index contributed by atoms with van der Waals surface area (Å²) in [4.78, 5) is 17.1. The zero-order valence-electron chi connectivity index (χ0n) is 12.5. The average molecular weight is 339 g/mol. The number of halogens is 1. The average Bonchev–Trinajstić information content (AvgIpc) is 2.40. The SMILES string of the molecule is CN1CCN(CCC(=O)c2ccccc2Br)CC1(C)C. The highest BCUT2D eigenvalue weighted by molar-refractivity contribution is 9.10. The first kappa shape index (κ1) is 15.7. The first-order valence-corrected chi connectivity index (χ1v) is 7.91. The van der Waals surface area contributed by atoms with Gasteiger partial charge in [-0.1, -0.05) is 34.1 Å². The standard InChI is InChI=1S/C16H23BrN2O/c1-16(2)12-19(11-10-18(16)3)9-8-15(20)13-6-4-5-7-14(13)17/h4-7H,8-12H2,1-3H3. The van der Waals surface area contributed by atoms with Gasteiger partial charge in [0.2, 0.25) is 0 Å². The van der Waals surface area contributed by atoms with E-state index in [-0.39, 0.29) is 11.3 Å². The van der Waals surface area contributed by atoms with Crippen molar-refractivity contribution in [2.24, 2.45) is 0 Å². The van der Waals surface area contributed by atoms with Gasteiger partial charge >= 0.3 is 0 Å². The molecule has 1 aromatic rings. The summed E-state index contributed by atoms with van der Waals surface area (Å²) in [6.45, 7) is 8.49. The minimum absolute atomic E-state index is 0.189. The summed E-state index contributed by atoms with van der Waals surface area (Å²) in [6, 6.07) is 7.66. The summed E-state index contributed by atoms with van der Waals surface area (Å²) in [5.41, 5.74) is 0.982. The van der Waals surface area contributed by atoms with Crippen molar-refractivity contribution < 1.29 is 4.79 Å². The first-order chi connectivity index (χ1) is 9.40. The number of likely N-dealkylation sites (N-methyl/N-ethyl adjacent to an activating group) is 1. The lowest BCUT2D eigenvalue weighted by Crippen LogP contribution is -2.57. The molecule has 0 atom stereocenters. The molecule has 3 nitrogen and oxygen atoms in total. The van der Waals surface area contributed by atoms with Crippen LogP contribution in [0.2, 0.25) is 0 Å². The number of nitrogens with zero attached hydrogens (tertiary/aromatic N) is 2. The maximum Gasteiger partial charge on any atom is 0.165 e. The van der Waals surface area contributed by atoms with Crippen molar-refractivity contribution in [1.82, 2.24) is 9.80 Å². The van der Waals surface area contributed by atoms with Crippen LogP contribution in [0.15, 0.2) is 28.7 Å². The lowest BCUT2D eigenvalue weighted by molar-refractivity contribution is 0.0390. The number of hydrogen-bond donors (Lipinski definition) is 0. The Bertz CT molecular complexity index is 487. The minimum Gasteiger partial charge on any atom is -0.300 e. The second kappa shape index (κ2) is 6.37. The zero-order chi connectivity index (χ0) is 14.8. The molecule has 0 radical (unpaired) electrons. The molecule has 2 rings (SSSR count). The molecule has 1 saturated heterocycles. The zero-order valence-corrected chi connectivity index (χ0v) is 14.1. The highest BCUT2D eigenvalue weighted by atomic mass is 79.9. The van der Waals surface area contributed by atoms with E-state index in [1.54, 1.807) is 0 Å². The Morgan fingerprint density at radius 3 is 2.65 bits per heavy atom. The number of benzene rings is 1. The van der Waals surface area contributed by atoms with Gasteiger partial charge in [-0.3, -0.25) is 14.6 Å². The summed E-state index contributed by atoms with van der Waals surface area (Å²) in [5.74, 6) is 0.217. The fraction of sp³-hybridized carbons (Fsp3) is 0.562. The van der Waals surface area contributed by atoms with E-state index in [1.807, 2.05) is 24.3 Å². The highest BCUT2D eigenvalue weighted by Gasteiger charge is 2.30. The van der Waals surface area contributed by atoms with Gasteiger partial charge in [0.25, 0.3) is 0 Å². The predicted molar refractivity (Wildman–Crippen MR) is 86.2 cm³/mol. The van der Waals surface area contributed by atoms with Gasteiger partial charge in [-0.25, -0.2) is 0 Å². The Morgan fingerprint density at radius 2 is 2.00 bits per heavy atom. The van der Waals surface area contributed by atoms with E-state index in [9.17, 15) is 4.79 Å². The molecule has 1 fully saturated rings. The van der Waals surface area contributed by atoms with Crippen molar-refractivity contribution in [3.8, 4) is 0 Å². The Morgan fingerprint density at radius 1 is 1.30 bits per heavy atom. The summed E-state index contributed by atoms with van der Waals surface area (Å²) < 4.78 is 0.892. The molecule has 1 aliphatic rings. The Balaban J connectivity index is 1.90. The Labute approximate surface area is 130 Å². The molecule has 0 aliphatic carbocycles. The lowest BCUT2D eigenvalue weighted by atomic mass is 9.99. The molecule has 1 heterocycles. The summed E-state index contributed by atoms with van der Waals surface area (Å²) in [5, 5.41) is 0. The van der Waals surface area contributed by atoms with Crippen LogP contribution in [0, 0.1) is 0 Å². The van der Waals surface area contributed by atoms with Crippen molar-refractivity contribution in [1.29, 1.82) is 0 Å². The molecule has 4 heteroatoms. The maximum atomic E-state index is 12.3. The van der Waals surface area contributed by atoms with Crippen LogP contribution < -0.4 is 0 Å². The summed E-state index contributed by atoms with van der Waals surface area (Å²) in [6.07, 6.45) is 0.586. The normalized spacial score (nSPS) is 20.0. The topological polar surface area (TPSA) is 23.6 Å². The van der Waals surface area contributed by atoms with Gasteiger partial charge in [-0.15, -0.1) is 0 Å². The third-order valence-electron chi connectivity index (χ3n) is 4.22. The summed E-state index contributed by atoms with van der Waals surface area (Å²) >= 11 is 3.45.